The molecule has 0 unspecified atom stereocenters. The molecule has 1 aliphatic heterocycles. The van der Waals surface area contributed by atoms with Crippen LogP contribution in [-0.4, -0.2) is 54.5 Å². The molecule has 124 valence electrons. The van der Waals surface area contributed by atoms with E-state index in [4.69, 9.17) is 16.3 Å². The summed E-state index contributed by atoms with van der Waals surface area (Å²) in [6, 6.07) is 3.44. The minimum atomic E-state index is -3.35. The molecule has 0 aromatic carbocycles. The first-order valence-electron chi connectivity index (χ1n) is 7.10. The lowest BCUT2D eigenvalue weighted by molar-refractivity contribution is -0.0157. The Labute approximate surface area is 139 Å². The maximum Gasteiger partial charge on any atom is 0.178 e. The third kappa shape index (κ3) is 3.72. The van der Waals surface area contributed by atoms with E-state index < -0.39 is 9.84 Å². The van der Waals surface area contributed by atoms with Gasteiger partial charge in [-0.25, -0.2) is 8.42 Å². The Balaban J connectivity index is 1.87. The van der Waals surface area contributed by atoms with Gasteiger partial charge in [0.25, 0.3) is 0 Å². The SMILES string of the molecule is CS(=O)(=O)c1cn[nH]c1[C@@H]1COCCN1Cc1ccc(Cl)cn1. The summed E-state index contributed by atoms with van der Waals surface area (Å²) in [6.45, 7) is 2.25. The Morgan fingerprint density at radius 1 is 1.43 bits per heavy atom. The summed E-state index contributed by atoms with van der Waals surface area (Å²) in [6.07, 6.45) is 4.12. The van der Waals surface area contributed by atoms with Gasteiger partial charge in [0.05, 0.1) is 41.9 Å². The summed E-state index contributed by atoms with van der Waals surface area (Å²) in [5.41, 5.74) is 1.42. The smallest absolute Gasteiger partial charge is 0.178 e. The van der Waals surface area contributed by atoms with Crippen LogP contribution in [0.4, 0.5) is 0 Å². The first-order chi connectivity index (χ1) is 10.9. The van der Waals surface area contributed by atoms with Crippen LogP contribution in [0.2, 0.25) is 5.02 Å². The van der Waals surface area contributed by atoms with E-state index in [1.165, 1.54) is 12.5 Å². The first kappa shape index (κ1) is 16.4. The number of nitrogens with zero attached hydrogens (tertiary/aromatic N) is 3. The highest BCUT2D eigenvalue weighted by molar-refractivity contribution is 7.90. The van der Waals surface area contributed by atoms with E-state index in [-0.39, 0.29) is 10.9 Å². The largest absolute Gasteiger partial charge is 0.378 e. The number of hydrogen-bond acceptors (Lipinski definition) is 6. The second-order valence-electron chi connectivity index (χ2n) is 5.45. The van der Waals surface area contributed by atoms with Crippen molar-refractivity contribution in [3.05, 3.63) is 40.9 Å². The molecule has 1 aliphatic rings. The topological polar surface area (TPSA) is 88.2 Å². The lowest BCUT2D eigenvalue weighted by atomic mass is 10.1. The van der Waals surface area contributed by atoms with Gasteiger partial charge in [-0.15, -0.1) is 0 Å². The van der Waals surface area contributed by atoms with Crippen LogP contribution in [0.5, 0.6) is 0 Å². The zero-order valence-corrected chi connectivity index (χ0v) is 14.1. The van der Waals surface area contributed by atoms with Crippen LogP contribution in [0.1, 0.15) is 17.4 Å². The standard InChI is InChI=1S/C14H17ClN4O3S/c1-23(20,21)13-7-17-18-14(13)12-9-22-5-4-19(12)8-11-3-2-10(15)6-16-11/h2-3,6-7,12H,4-5,8-9H2,1H3,(H,17,18)/t12-/m0/s1. The fourth-order valence-electron chi connectivity index (χ4n) is 2.62. The third-order valence-electron chi connectivity index (χ3n) is 3.76. The lowest BCUT2D eigenvalue weighted by Gasteiger charge is -2.35. The zero-order chi connectivity index (χ0) is 16.4. The van der Waals surface area contributed by atoms with Crippen molar-refractivity contribution < 1.29 is 13.2 Å². The van der Waals surface area contributed by atoms with Crippen LogP contribution in [-0.2, 0) is 21.1 Å². The fourth-order valence-corrected chi connectivity index (χ4v) is 3.56. The Hall–Kier alpha value is -1.48. The van der Waals surface area contributed by atoms with Crippen molar-refractivity contribution in [1.29, 1.82) is 0 Å². The van der Waals surface area contributed by atoms with E-state index in [1.807, 2.05) is 6.07 Å². The quantitative estimate of drug-likeness (QED) is 0.891. The Morgan fingerprint density at radius 3 is 2.96 bits per heavy atom. The molecule has 2 aromatic heterocycles. The second kappa shape index (κ2) is 6.56. The molecule has 0 amide bonds. The number of pyridine rings is 1. The number of rotatable bonds is 4. The molecule has 0 radical (unpaired) electrons. The van der Waals surface area contributed by atoms with Gasteiger partial charge in [0, 0.05) is 25.5 Å². The van der Waals surface area contributed by atoms with Gasteiger partial charge in [-0.05, 0) is 12.1 Å². The highest BCUT2D eigenvalue weighted by atomic mass is 35.5. The molecular weight excluding hydrogens is 340 g/mol. The third-order valence-corrected chi connectivity index (χ3v) is 5.11. The van der Waals surface area contributed by atoms with Gasteiger partial charge in [0.1, 0.15) is 4.90 Å². The maximum atomic E-state index is 11.9. The van der Waals surface area contributed by atoms with Gasteiger partial charge in [0.15, 0.2) is 9.84 Å². The van der Waals surface area contributed by atoms with Crippen molar-refractivity contribution in [3.8, 4) is 0 Å². The van der Waals surface area contributed by atoms with Crippen molar-refractivity contribution in [2.45, 2.75) is 17.5 Å². The Bertz CT molecular complexity index is 776. The lowest BCUT2D eigenvalue weighted by Crippen LogP contribution is -2.39. The van der Waals surface area contributed by atoms with Gasteiger partial charge in [-0.2, -0.15) is 5.10 Å². The highest BCUT2D eigenvalue weighted by Crippen LogP contribution is 2.28. The minimum absolute atomic E-state index is 0.210. The van der Waals surface area contributed by atoms with Crippen LogP contribution < -0.4 is 0 Å². The number of aromatic amines is 1. The molecule has 1 saturated heterocycles. The maximum absolute atomic E-state index is 11.9. The molecule has 0 saturated carbocycles. The van der Waals surface area contributed by atoms with Crippen LogP contribution >= 0.6 is 11.6 Å². The first-order valence-corrected chi connectivity index (χ1v) is 9.37. The van der Waals surface area contributed by atoms with E-state index in [0.29, 0.717) is 37.0 Å². The van der Waals surface area contributed by atoms with Gasteiger partial charge in [-0.3, -0.25) is 15.0 Å². The van der Waals surface area contributed by atoms with Gasteiger partial charge >= 0.3 is 0 Å². The monoisotopic (exact) mass is 356 g/mol. The van der Waals surface area contributed by atoms with Gasteiger partial charge in [0.2, 0.25) is 0 Å². The van der Waals surface area contributed by atoms with E-state index in [9.17, 15) is 8.42 Å². The summed E-state index contributed by atoms with van der Waals surface area (Å²) >= 11 is 5.86. The number of H-pyrrole nitrogens is 1. The van der Waals surface area contributed by atoms with Crippen LogP contribution in [0.3, 0.4) is 0 Å². The molecule has 0 bridgehead atoms. The second-order valence-corrected chi connectivity index (χ2v) is 7.87. The summed E-state index contributed by atoms with van der Waals surface area (Å²) in [4.78, 5) is 6.64. The predicted octanol–water partition coefficient (Wildman–Crippen LogP) is 1.44. The Kier molecular flexibility index (Phi) is 4.67. The molecule has 1 N–H and O–H groups in total. The Morgan fingerprint density at radius 2 is 2.26 bits per heavy atom. The normalized spacial score (nSPS) is 19.8. The van der Waals surface area contributed by atoms with Crippen LogP contribution in [0, 0.1) is 0 Å². The van der Waals surface area contributed by atoms with E-state index in [0.717, 1.165) is 5.69 Å². The molecule has 3 rings (SSSR count). The number of sulfone groups is 1. The average Bonchev–Trinajstić information content (AvgIpc) is 3.00. The van der Waals surface area contributed by atoms with E-state index in [2.05, 4.69) is 20.1 Å². The molecule has 9 heteroatoms. The van der Waals surface area contributed by atoms with Crippen molar-refractivity contribution in [2.24, 2.45) is 0 Å². The minimum Gasteiger partial charge on any atom is -0.378 e. The van der Waals surface area contributed by atoms with Crippen molar-refractivity contribution in [2.75, 3.05) is 26.0 Å². The fraction of sp³-hybridized carbons (Fsp3) is 0.429. The van der Waals surface area contributed by atoms with E-state index in [1.54, 1.807) is 12.3 Å². The summed E-state index contributed by atoms with van der Waals surface area (Å²) in [5.74, 6) is 0. The summed E-state index contributed by atoms with van der Waals surface area (Å²) < 4.78 is 29.4. The summed E-state index contributed by atoms with van der Waals surface area (Å²) in [5, 5.41) is 7.30. The molecular formula is C14H17ClN4O3S. The van der Waals surface area contributed by atoms with Gasteiger partial charge < -0.3 is 4.74 Å². The number of nitrogens with one attached hydrogen (secondary N) is 1. The molecule has 0 spiro atoms. The molecule has 1 fully saturated rings. The van der Waals surface area contributed by atoms with Crippen LogP contribution in [0.15, 0.2) is 29.4 Å². The molecule has 23 heavy (non-hydrogen) atoms. The number of halogens is 1. The van der Waals surface area contributed by atoms with Crippen molar-refractivity contribution >= 4 is 21.4 Å². The number of ether oxygens (including phenoxy) is 1. The van der Waals surface area contributed by atoms with Crippen LogP contribution in [0.25, 0.3) is 0 Å². The average molecular weight is 357 g/mol. The highest BCUT2D eigenvalue weighted by Gasteiger charge is 2.30. The van der Waals surface area contributed by atoms with Crippen molar-refractivity contribution in [1.82, 2.24) is 20.1 Å². The number of morpholine rings is 1. The molecule has 2 aromatic rings. The molecule has 0 aliphatic carbocycles. The molecule has 1 atom stereocenters. The van der Waals surface area contributed by atoms with Crippen molar-refractivity contribution in [3.63, 3.8) is 0 Å². The van der Waals surface area contributed by atoms with Gasteiger partial charge in [-0.1, -0.05) is 11.6 Å². The van der Waals surface area contributed by atoms with E-state index >= 15 is 0 Å². The molecule has 7 nitrogen and oxygen atoms in total. The molecule has 3 heterocycles. The number of aromatic nitrogens is 3. The predicted molar refractivity (Wildman–Crippen MR) is 84.9 cm³/mol. The summed E-state index contributed by atoms with van der Waals surface area (Å²) in [7, 11) is -3.35. The number of hydrogen-bond donors (Lipinski definition) is 1. The zero-order valence-electron chi connectivity index (χ0n) is 12.6.